The first kappa shape index (κ1) is 17.5. The zero-order valence-corrected chi connectivity index (χ0v) is 13.2. The van der Waals surface area contributed by atoms with Crippen molar-refractivity contribution in [1.29, 1.82) is 5.26 Å². The second-order valence-electron chi connectivity index (χ2n) is 5.33. The van der Waals surface area contributed by atoms with E-state index in [1.54, 1.807) is 30.3 Å². The molecule has 0 spiro atoms. The maximum absolute atomic E-state index is 11.7. The first-order valence-corrected chi connectivity index (χ1v) is 7.61. The molecular formula is C17H19N3O4. The molecule has 1 fully saturated rings. The number of carbonyl (C=O) groups is 2. The van der Waals surface area contributed by atoms with Gasteiger partial charge in [-0.05, 0) is 36.6 Å². The van der Waals surface area contributed by atoms with Gasteiger partial charge in [-0.1, -0.05) is 12.1 Å². The molecule has 0 radical (unpaired) electrons. The average Bonchev–Trinajstić information content (AvgIpc) is 3.10. The number of rotatable bonds is 7. The maximum atomic E-state index is 11.7. The molecule has 2 amide bonds. The number of benzene rings is 1. The predicted octanol–water partition coefficient (Wildman–Crippen LogP) is 0.753. The lowest BCUT2D eigenvalue weighted by atomic mass is 10.1. The second kappa shape index (κ2) is 8.70. The number of ether oxygens (including phenoxy) is 2. The summed E-state index contributed by atoms with van der Waals surface area (Å²) in [6.45, 7) is 1.16. The van der Waals surface area contributed by atoms with Gasteiger partial charge in [-0.25, -0.2) is 0 Å². The normalized spacial score (nSPS) is 17.1. The van der Waals surface area contributed by atoms with Gasteiger partial charge in [0.2, 0.25) is 0 Å². The number of amides is 2. The van der Waals surface area contributed by atoms with Crippen molar-refractivity contribution in [2.75, 3.05) is 19.8 Å². The van der Waals surface area contributed by atoms with Crippen LogP contribution in [-0.4, -0.2) is 37.7 Å². The number of nitriles is 1. The number of nitrogens with two attached hydrogens (primary N) is 1. The van der Waals surface area contributed by atoms with Crippen LogP contribution in [-0.2, 0) is 14.3 Å². The molecule has 3 N–H and O–H groups in total. The number of nitrogens with one attached hydrogen (secondary N) is 1. The van der Waals surface area contributed by atoms with Gasteiger partial charge < -0.3 is 20.5 Å². The molecule has 7 nitrogen and oxygen atoms in total. The molecule has 0 aromatic heterocycles. The van der Waals surface area contributed by atoms with Crippen molar-refractivity contribution in [2.45, 2.75) is 18.9 Å². The topological polar surface area (TPSA) is 114 Å². The number of carbonyl (C=O) groups excluding carboxylic acids is 2. The first-order valence-electron chi connectivity index (χ1n) is 7.61. The van der Waals surface area contributed by atoms with E-state index >= 15 is 0 Å². The molecule has 0 unspecified atom stereocenters. The van der Waals surface area contributed by atoms with Crippen molar-refractivity contribution in [2.24, 2.45) is 5.73 Å². The molecule has 1 aromatic carbocycles. The van der Waals surface area contributed by atoms with E-state index in [0.717, 1.165) is 19.4 Å². The molecule has 1 saturated heterocycles. The van der Waals surface area contributed by atoms with Gasteiger partial charge in [0.05, 0.1) is 6.10 Å². The molecule has 1 aliphatic heterocycles. The van der Waals surface area contributed by atoms with Crippen LogP contribution in [0.4, 0.5) is 0 Å². The van der Waals surface area contributed by atoms with Gasteiger partial charge in [-0.2, -0.15) is 5.26 Å². The van der Waals surface area contributed by atoms with Gasteiger partial charge in [0, 0.05) is 13.2 Å². The Kier molecular flexibility index (Phi) is 6.34. The number of primary amides is 1. The van der Waals surface area contributed by atoms with Gasteiger partial charge in [0.1, 0.15) is 17.4 Å². The Balaban J connectivity index is 1.80. The lowest BCUT2D eigenvalue weighted by Gasteiger charge is -2.11. The first-order chi connectivity index (χ1) is 11.6. The smallest absolute Gasteiger partial charge is 0.259 e. The Labute approximate surface area is 140 Å². The molecule has 1 heterocycles. The minimum atomic E-state index is -0.777. The van der Waals surface area contributed by atoms with Crippen molar-refractivity contribution >= 4 is 17.9 Å². The van der Waals surface area contributed by atoms with E-state index in [4.69, 9.17) is 20.5 Å². The van der Waals surface area contributed by atoms with Crippen LogP contribution in [0.5, 0.6) is 5.75 Å². The van der Waals surface area contributed by atoms with E-state index in [0.29, 0.717) is 17.9 Å². The van der Waals surface area contributed by atoms with Gasteiger partial charge in [-0.3, -0.25) is 9.59 Å². The molecular weight excluding hydrogens is 310 g/mol. The Bertz CT molecular complexity index is 655. The summed E-state index contributed by atoms with van der Waals surface area (Å²) >= 11 is 0. The van der Waals surface area contributed by atoms with Crippen molar-refractivity contribution in [3.8, 4) is 11.8 Å². The lowest BCUT2D eigenvalue weighted by molar-refractivity contribution is -0.123. The molecule has 24 heavy (non-hydrogen) atoms. The summed E-state index contributed by atoms with van der Waals surface area (Å²) in [7, 11) is 0. The van der Waals surface area contributed by atoms with E-state index in [2.05, 4.69) is 5.32 Å². The standard InChI is InChI=1S/C17H19N3O4/c18-9-13(17(19)22)8-12-3-5-14(6-4-12)24-11-16(21)20-10-15-2-1-7-23-15/h3-6,8,15H,1-2,7,10-11H2,(H2,19,22)(H,20,21)/b13-8+/t15-/m1/s1. The van der Waals surface area contributed by atoms with E-state index in [9.17, 15) is 9.59 Å². The van der Waals surface area contributed by atoms with E-state index in [1.165, 1.54) is 6.08 Å². The molecule has 1 aliphatic rings. The summed E-state index contributed by atoms with van der Waals surface area (Å²) in [5, 5.41) is 11.6. The van der Waals surface area contributed by atoms with Gasteiger partial charge in [-0.15, -0.1) is 0 Å². The van der Waals surface area contributed by atoms with E-state index < -0.39 is 5.91 Å². The fraction of sp³-hybridized carbons (Fsp3) is 0.353. The molecule has 1 atom stereocenters. The molecule has 0 saturated carbocycles. The summed E-state index contributed by atoms with van der Waals surface area (Å²) in [6.07, 6.45) is 3.48. The number of hydrogen-bond donors (Lipinski definition) is 2. The van der Waals surface area contributed by atoms with Crippen LogP contribution in [0.1, 0.15) is 18.4 Å². The quantitative estimate of drug-likeness (QED) is 0.566. The third-order valence-electron chi connectivity index (χ3n) is 3.50. The zero-order chi connectivity index (χ0) is 17.4. The highest BCUT2D eigenvalue weighted by Crippen LogP contribution is 2.14. The van der Waals surface area contributed by atoms with Crippen LogP contribution in [0.2, 0.25) is 0 Å². The fourth-order valence-electron chi connectivity index (χ4n) is 2.22. The van der Waals surface area contributed by atoms with Crippen molar-refractivity contribution in [3.63, 3.8) is 0 Å². The minimum Gasteiger partial charge on any atom is -0.484 e. The SMILES string of the molecule is N#C/C(=C\c1ccc(OCC(=O)NC[C@H]2CCCO2)cc1)C(N)=O. The van der Waals surface area contributed by atoms with E-state index in [-0.39, 0.29) is 24.2 Å². The van der Waals surface area contributed by atoms with Crippen LogP contribution < -0.4 is 15.8 Å². The molecule has 2 rings (SSSR count). The highest BCUT2D eigenvalue weighted by atomic mass is 16.5. The molecule has 1 aromatic rings. The van der Waals surface area contributed by atoms with Gasteiger partial charge in [0.25, 0.3) is 11.8 Å². The summed E-state index contributed by atoms with van der Waals surface area (Å²) in [6, 6.07) is 8.36. The minimum absolute atomic E-state index is 0.0906. The Morgan fingerprint density at radius 2 is 2.17 bits per heavy atom. The summed E-state index contributed by atoms with van der Waals surface area (Å²) < 4.78 is 10.8. The maximum Gasteiger partial charge on any atom is 0.259 e. The van der Waals surface area contributed by atoms with E-state index in [1.807, 2.05) is 0 Å². The third-order valence-corrected chi connectivity index (χ3v) is 3.50. The second-order valence-corrected chi connectivity index (χ2v) is 5.33. The van der Waals surface area contributed by atoms with Crippen LogP contribution in [0.25, 0.3) is 6.08 Å². The largest absolute Gasteiger partial charge is 0.484 e. The fourth-order valence-corrected chi connectivity index (χ4v) is 2.22. The molecule has 0 aliphatic carbocycles. The Morgan fingerprint density at radius 3 is 2.75 bits per heavy atom. The van der Waals surface area contributed by atoms with Crippen molar-refractivity contribution in [1.82, 2.24) is 5.32 Å². The molecule has 7 heteroatoms. The molecule has 126 valence electrons. The monoisotopic (exact) mass is 329 g/mol. The molecule has 0 bridgehead atoms. The van der Waals surface area contributed by atoms with Crippen LogP contribution in [0, 0.1) is 11.3 Å². The summed E-state index contributed by atoms with van der Waals surface area (Å²) in [5.41, 5.74) is 5.58. The lowest BCUT2D eigenvalue weighted by Crippen LogP contribution is -2.35. The van der Waals surface area contributed by atoms with Crippen LogP contribution in [0.3, 0.4) is 0 Å². The summed E-state index contributed by atoms with van der Waals surface area (Å²) in [4.78, 5) is 22.7. The average molecular weight is 329 g/mol. The van der Waals surface area contributed by atoms with Crippen LogP contribution >= 0.6 is 0 Å². The number of hydrogen-bond acceptors (Lipinski definition) is 5. The zero-order valence-electron chi connectivity index (χ0n) is 13.2. The third kappa shape index (κ3) is 5.41. The van der Waals surface area contributed by atoms with Crippen molar-refractivity contribution in [3.05, 3.63) is 35.4 Å². The van der Waals surface area contributed by atoms with Crippen LogP contribution in [0.15, 0.2) is 29.8 Å². The Hall–Kier alpha value is -2.85. The van der Waals surface area contributed by atoms with Gasteiger partial charge in [0.15, 0.2) is 6.61 Å². The predicted molar refractivity (Wildman–Crippen MR) is 86.7 cm³/mol. The Morgan fingerprint density at radius 1 is 1.42 bits per heavy atom. The van der Waals surface area contributed by atoms with Crippen molar-refractivity contribution < 1.29 is 19.1 Å². The number of nitrogens with zero attached hydrogens (tertiary/aromatic N) is 1. The van der Waals surface area contributed by atoms with Gasteiger partial charge >= 0.3 is 0 Å². The summed E-state index contributed by atoms with van der Waals surface area (Å²) in [5.74, 6) is -0.479. The highest BCUT2D eigenvalue weighted by Gasteiger charge is 2.16. The highest BCUT2D eigenvalue weighted by molar-refractivity contribution is 6.00.